The average Bonchev–Trinajstić information content (AvgIpc) is 2.93. The Kier molecular flexibility index (Phi) is 4.46. The van der Waals surface area contributed by atoms with Gasteiger partial charge in [0.2, 0.25) is 5.91 Å². The van der Waals surface area contributed by atoms with Gasteiger partial charge in [-0.25, -0.2) is 4.79 Å². The first-order chi connectivity index (χ1) is 9.90. The predicted molar refractivity (Wildman–Crippen MR) is 74.6 cm³/mol. The zero-order valence-electron chi connectivity index (χ0n) is 11.7. The number of hydrogen-bond acceptors (Lipinski definition) is 4. The monoisotopic (exact) mass is 313 g/mol. The lowest BCUT2D eigenvalue weighted by atomic mass is 10.2. The zero-order chi connectivity index (χ0) is 15.6. The summed E-state index contributed by atoms with van der Waals surface area (Å²) in [7, 11) is 2.91. The Labute approximate surface area is 126 Å². The van der Waals surface area contributed by atoms with Crippen molar-refractivity contribution < 1.29 is 14.4 Å². The van der Waals surface area contributed by atoms with E-state index in [0.29, 0.717) is 18.1 Å². The van der Waals surface area contributed by atoms with Crippen molar-refractivity contribution in [3.63, 3.8) is 0 Å². The van der Waals surface area contributed by atoms with Crippen molar-refractivity contribution >= 4 is 29.4 Å². The smallest absolute Gasteiger partial charge is 0.326 e. The fourth-order valence-corrected chi connectivity index (χ4v) is 2.25. The fraction of sp³-hybridized carbons (Fsp3) is 0.500. The Morgan fingerprint density at radius 3 is 2.67 bits per heavy atom. The molecule has 0 bridgehead atoms. The number of carbonyl (C=O) groups excluding carboxylic acids is 3. The number of urea groups is 1. The van der Waals surface area contributed by atoms with Crippen molar-refractivity contribution in [2.45, 2.75) is 19.0 Å². The molecule has 9 heteroatoms. The van der Waals surface area contributed by atoms with E-state index in [2.05, 4.69) is 10.4 Å². The molecule has 21 heavy (non-hydrogen) atoms. The van der Waals surface area contributed by atoms with E-state index < -0.39 is 12.1 Å². The average molecular weight is 314 g/mol. The van der Waals surface area contributed by atoms with Crippen LogP contribution in [0.15, 0.2) is 12.4 Å². The van der Waals surface area contributed by atoms with Crippen LogP contribution >= 0.6 is 11.6 Å². The summed E-state index contributed by atoms with van der Waals surface area (Å²) in [6.07, 6.45) is 3.11. The minimum atomic E-state index is -0.735. The lowest BCUT2D eigenvalue weighted by Gasteiger charge is -2.15. The second kappa shape index (κ2) is 6.13. The minimum Gasteiger partial charge on any atom is -0.354 e. The number of amides is 4. The second-order valence-corrected chi connectivity index (χ2v) is 5.22. The molecule has 114 valence electrons. The van der Waals surface area contributed by atoms with Gasteiger partial charge in [-0.2, -0.15) is 5.10 Å². The molecule has 1 saturated heterocycles. The summed E-state index contributed by atoms with van der Waals surface area (Å²) in [5, 5.41) is 7.19. The third kappa shape index (κ3) is 3.33. The molecular formula is C12H16ClN5O3. The van der Waals surface area contributed by atoms with E-state index in [9.17, 15) is 14.4 Å². The Hall–Kier alpha value is -2.09. The van der Waals surface area contributed by atoms with Gasteiger partial charge in [0.15, 0.2) is 0 Å². The topological polar surface area (TPSA) is 87.5 Å². The maximum absolute atomic E-state index is 11.8. The van der Waals surface area contributed by atoms with Crippen LogP contribution in [0, 0.1) is 0 Å². The van der Waals surface area contributed by atoms with Crippen molar-refractivity contribution in [1.29, 1.82) is 0 Å². The quantitative estimate of drug-likeness (QED) is 0.771. The van der Waals surface area contributed by atoms with Crippen LogP contribution in [0.4, 0.5) is 4.79 Å². The number of imide groups is 1. The molecule has 0 spiro atoms. The molecule has 0 saturated carbocycles. The normalized spacial score (nSPS) is 18.5. The number of hydrogen-bond donors (Lipinski definition) is 1. The molecule has 2 rings (SSSR count). The van der Waals surface area contributed by atoms with Gasteiger partial charge in [-0.05, 0) is 0 Å². The third-order valence-electron chi connectivity index (χ3n) is 3.32. The number of carbonyl (C=O) groups is 3. The first-order valence-corrected chi connectivity index (χ1v) is 6.77. The van der Waals surface area contributed by atoms with Gasteiger partial charge in [0.05, 0.1) is 24.2 Å². The lowest BCUT2D eigenvalue weighted by molar-refractivity contribution is -0.131. The van der Waals surface area contributed by atoms with E-state index in [0.717, 1.165) is 4.90 Å². The molecule has 0 aromatic carbocycles. The maximum Gasteiger partial charge on any atom is 0.326 e. The van der Waals surface area contributed by atoms with Gasteiger partial charge < -0.3 is 10.2 Å². The Bertz CT molecular complexity index is 573. The Morgan fingerprint density at radius 2 is 2.14 bits per heavy atom. The molecule has 2 heterocycles. The highest BCUT2D eigenvalue weighted by Gasteiger charge is 2.41. The molecule has 1 aromatic rings. The van der Waals surface area contributed by atoms with Gasteiger partial charge in [-0.3, -0.25) is 19.2 Å². The van der Waals surface area contributed by atoms with Crippen LogP contribution in [0.5, 0.6) is 0 Å². The molecule has 1 aromatic heterocycles. The summed E-state index contributed by atoms with van der Waals surface area (Å²) >= 11 is 5.72. The van der Waals surface area contributed by atoms with Gasteiger partial charge in [0, 0.05) is 26.8 Å². The van der Waals surface area contributed by atoms with Gasteiger partial charge >= 0.3 is 6.03 Å². The predicted octanol–water partition coefficient (Wildman–Crippen LogP) is -0.0648. The van der Waals surface area contributed by atoms with Crippen molar-refractivity contribution in [1.82, 2.24) is 24.9 Å². The number of rotatable bonds is 5. The standard InChI is InChI=1S/C12H16ClN5O3/c1-16-9(11(20)17(2)12(16)21)5-10(19)14-3-4-18-7-8(13)6-15-18/h6-7,9H,3-5H2,1-2H3,(H,14,19). The molecule has 8 nitrogen and oxygen atoms in total. The molecule has 1 unspecified atom stereocenters. The van der Waals surface area contributed by atoms with Crippen LogP contribution in [-0.4, -0.2) is 64.1 Å². The van der Waals surface area contributed by atoms with Gasteiger partial charge in [-0.15, -0.1) is 0 Å². The van der Waals surface area contributed by atoms with Crippen LogP contribution in [0.2, 0.25) is 5.02 Å². The van der Waals surface area contributed by atoms with E-state index in [-0.39, 0.29) is 18.2 Å². The molecule has 0 radical (unpaired) electrons. The number of nitrogens with zero attached hydrogens (tertiary/aromatic N) is 4. The summed E-state index contributed by atoms with van der Waals surface area (Å²) in [6, 6.07) is -1.13. The molecule has 1 aliphatic rings. The van der Waals surface area contributed by atoms with Crippen LogP contribution in [0.3, 0.4) is 0 Å². The van der Waals surface area contributed by atoms with E-state index >= 15 is 0 Å². The van der Waals surface area contributed by atoms with Crippen molar-refractivity contribution in [3.05, 3.63) is 17.4 Å². The second-order valence-electron chi connectivity index (χ2n) is 4.78. The van der Waals surface area contributed by atoms with E-state index in [1.165, 1.54) is 25.2 Å². The summed E-state index contributed by atoms with van der Waals surface area (Å²) in [6.45, 7) is 0.844. The van der Waals surface area contributed by atoms with Crippen LogP contribution < -0.4 is 5.32 Å². The molecule has 1 atom stereocenters. The SMILES string of the molecule is CN1C(=O)C(CC(=O)NCCn2cc(Cl)cn2)N(C)C1=O. The largest absolute Gasteiger partial charge is 0.354 e. The van der Waals surface area contributed by atoms with Crippen molar-refractivity contribution in [2.24, 2.45) is 0 Å². The zero-order valence-corrected chi connectivity index (χ0v) is 12.5. The summed E-state index contributed by atoms with van der Waals surface area (Å²) < 4.78 is 1.60. The summed E-state index contributed by atoms with van der Waals surface area (Å²) in [5.74, 6) is -0.655. The molecule has 4 amide bonds. The Morgan fingerprint density at radius 1 is 1.43 bits per heavy atom. The van der Waals surface area contributed by atoms with Crippen LogP contribution in [0.25, 0.3) is 0 Å². The first-order valence-electron chi connectivity index (χ1n) is 6.39. The summed E-state index contributed by atoms with van der Waals surface area (Å²) in [5.41, 5.74) is 0. The number of halogens is 1. The summed E-state index contributed by atoms with van der Waals surface area (Å²) in [4.78, 5) is 37.5. The van der Waals surface area contributed by atoms with Crippen molar-refractivity contribution in [2.75, 3.05) is 20.6 Å². The highest BCUT2D eigenvalue weighted by Crippen LogP contribution is 2.16. The van der Waals surface area contributed by atoms with Crippen molar-refractivity contribution in [3.8, 4) is 0 Å². The van der Waals surface area contributed by atoms with Crippen LogP contribution in [0.1, 0.15) is 6.42 Å². The molecule has 1 aliphatic heterocycles. The fourth-order valence-electron chi connectivity index (χ4n) is 2.10. The maximum atomic E-state index is 11.8. The molecular weight excluding hydrogens is 298 g/mol. The number of aromatic nitrogens is 2. The molecule has 1 N–H and O–H groups in total. The number of nitrogens with one attached hydrogen (secondary N) is 1. The van der Waals surface area contributed by atoms with Gasteiger partial charge in [0.1, 0.15) is 6.04 Å². The highest BCUT2D eigenvalue weighted by atomic mass is 35.5. The van der Waals surface area contributed by atoms with Gasteiger partial charge in [0.25, 0.3) is 5.91 Å². The van der Waals surface area contributed by atoms with E-state index in [1.54, 1.807) is 10.9 Å². The lowest BCUT2D eigenvalue weighted by Crippen LogP contribution is -2.38. The first kappa shape index (κ1) is 15.3. The highest BCUT2D eigenvalue weighted by molar-refractivity contribution is 6.30. The molecule has 0 aliphatic carbocycles. The van der Waals surface area contributed by atoms with Gasteiger partial charge in [-0.1, -0.05) is 11.6 Å². The molecule has 1 fully saturated rings. The van der Waals surface area contributed by atoms with E-state index in [1.807, 2.05) is 0 Å². The number of likely N-dealkylation sites (N-methyl/N-ethyl adjacent to an activating group) is 2. The van der Waals surface area contributed by atoms with Crippen LogP contribution in [-0.2, 0) is 16.1 Å². The minimum absolute atomic E-state index is 0.0503. The Balaban J connectivity index is 1.79. The third-order valence-corrected chi connectivity index (χ3v) is 3.51. The van der Waals surface area contributed by atoms with E-state index in [4.69, 9.17) is 11.6 Å².